The van der Waals surface area contributed by atoms with Crippen molar-refractivity contribution < 1.29 is 26.7 Å². The molecule has 1 aromatic rings. The van der Waals surface area contributed by atoms with Gasteiger partial charge in [-0.2, -0.15) is 0 Å². The van der Waals surface area contributed by atoms with Gasteiger partial charge in [0.2, 0.25) is 5.82 Å². The van der Waals surface area contributed by atoms with E-state index in [0.717, 1.165) is 0 Å². The zero-order valence-corrected chi connectivity index (χ0v) is 10.7. The fourth-order valence-electron chi connectivity index (χ4n) is 1.46. The van der Waals surface area contributed by atoms with E-state index in [4.69, 9.17) is 0 Å². The molecule has 0 N–H and O–H groups in total. The molecule has 1 rings (SSSR count). The Morgan fingerprint density at radius 1 is 0.842 bits per heavy atom. The van der Waals surface area contributed by atoms with Crippen molar-refractivity contribution in [2.24, 2.45) is 5.41 Å². The van der Waals surface area contributed by atoms with Crippen LogP contribution in [0.3, 0.4) is 0 Å². The standard InChI is InChI=1S/C13H13F5O/c1-13(2,3)5-4-6(19)7-8(14)10(16)12(18)11(17)9(7)15/h4-5H2,1-3H3. The summed E-state index contributed by atoms with van der Waals surface area (Å²) in [5.74, 6) is -11.7. The van der Waals surface area contributed by atoms with Gasteiger partial charge in [0.25, 0.3) is 0 Å². The van der Waals surface area contributed by atoms with E-state index in [1.807, 2.05) is 0 Å². The number of Topliss-reactive ketones (excluding diaryl/α,β-unsaturated/α-hetero) is 1. The molecular weight excluding hydrogens is 267 g/mol. The van der Waals surface area contributed by atoms with Crippen molar-refractivity contribution in [2.45, 2.75) is 33.6 Å². The van der Waals surface area contributed by atoms with Crippen molar-refractivity contribution in [3.8, 4) is 0 Å². The van der Waals surface area contributed by atoms with Crippen molar-refractivity contribution in [1.82, 2.24) is 0 Å². The van der Waals surface area contributed by atoms with Crippen molar-refractivity contribution in [1.29, 1.82) is 0 Å². The molecule has 1 nitrogen and oxygen atoms in total. The Balaban J connectivity index is 3.18. The predicted molar refractivity (Wildman–Crippen MR) is 59.3 cm³/mol. The Hall–Kier alpha value is -1.46. The zero-order chi connectivity index (χ0) is 15.0. The van der Waals surface area contributed by atoms with Gasteiger partial charge in [-0.05, 0) is 11.8 Å². The summed E-state index contributed by atoms with van der Waals surface area (Å²) >= 11 is 0. The van der Waals surface area contributed by atoms with Crippen LogP contribution in [0.1, 0.15) is 44.0 Å². The lowest BCUT2D eigenvalue weighted by Gasteiger charge is -2.17. The van der Waals surface area contributed by atoms with Gasteiger partial charge < -0.3 is 0 Å². The van der Waals surface area contributed by atoms with Gasteiger partial charge in [0.05, 0.1) is 5.56 Å². The molecule has 0 radical (unpaired) electrons. The largest absolute Gasteiger partial charge is 0.294 e. The molecule has 0 atom stereocenters. The van der Waals surface area contributed by atoms with E-state index in [-0.39, 0.29) is 18.3 Å². The number of benzene rings is 1. The second-order valence-corrected chi connectivity index (χ2v) is 5.43. The van der Waals surface area contributed by atoms with Crippen LogP contribution in [-0.2, 0) is 0 Å². The van der Waals surface area contributed by atoms with E-state index in [0.29, 0.717) is 0 Å². The van der Waals surface area contributed by atoms with Crippen LogP contribution in [0.15, 0.2) is 0 Å². The quantitative estimate of drug-likeness (QED) is 0.347. The highest BCUT2D eigenvalue weighted by atomic mass is 19.2. The van der Waals surface area contributed by atoms with Gasteiger partial charge in [0.15, 0.2) is 29.1 Å². The predicted octanol–water partition coefficient (Wildman–Crippen LogP) is 4.39. The molecular formula is C13H13F5O. The van der Waals surface area contributed by atoms with Gasteiger partial charge in [-0.15, -0.1) is 0 Å². The number of carbonyl (C=O) groups is 1. The molecule has 0 unspecified atom stereocenters. The maximum absolute atomic E-state index is 13.3. The van der Waals surface area contributed by atoms with E-state index >= 15 is 0 Å². The molecule has 0 spiro atoms. The lowest BCUT2D eigenvalue weighted by molar-refractivity contribution is 0.0954. The van der Waals surface area contributed by atoms with Gasteiger partial charge in [0.1, 0.15) is 0 Å². The molecule has 0 bridgehead atoms. The maximum Gasteiger partial charge on any atom is 0.200 e. The van der Waals surface area contributed by atoms with Crippen LogP contribution in [0.25, 0.3) is 0 Å². The fourth-order valence-corrected chi connectivity index (χ4v) is 1.46. The summed E-state index contributed by atoms with van der Waals surface area (Å²) in [4.78, 5) is 11.6. The minimum Gasteiger partial charge on any atom is -0.294 e. The highest BCUT2D eigenvalue weighted by molar-refractivity contribution is 5.96. The first-order valence-electron chi connectivity index (χ1n) is 5.61. The van der Waals surface area contributed by atoms with Gasteiger partial charge in [-0.1, -0.05) is 20.8 Å². The fraction of sp³-hybridized carbons (Fsp3) is 0.462. The molecule has 0 aliphatic heterocycles. The van der Waals surface area contributed by atoms with Gasteiger partial charge in [0, 0.05) is 6.42 Å². The summed E-state index contributed by atoms with van der Waals surface area (Å²) < 4.78 is 65.3. The van der Waals surface area contributed by atoms with Crippen molar-refractivity contribution in [3.63, 3.8) is 0 Å². The molecule has 0 saturated carbocycles. The number of hydrogen-bond donors (Lipinski definition) is 0. The molecule has 0 aromatic heterocycles. The number of halogens is 5. The third-order valence-electron chi connectivity index (χ3n) is 2.59. The molecule has 1 aromatic carbocycles. The third-order valence-corrected chi connectivity index (χ3v) is 2.59. The van der Waals surface area contributed by atoms with Crippen molar-refractivity contribution in [2.75, 3.05) is 0 Å². The van der Waals surface area contributed by atoms with Crippen LogP contribution in [-0.4, -0.2) is 5.78 Å². The van der Waals surface area contributed by atoms with Crippen molar-refractivity contribution >= 4 is 5.78 Å². The molecule has 0 saturated heterocycles. The highest BCUT2D eigenvalue weighted by Gasteiger charge is 2.29. The van der Waals surface area contributed by atoms with E-state index < -0.39 is 40.4 Å². The van der Waals surface area contributed by atoms with Gasteiger partial charge in [-0.3, -0.25) is 4.79 Å². The average Bonchev–Trinajstić information content (AvgIpc) is 2.31. The summed E-state index contributed by atoms with van der Waals surface area (Å²) in [5, 5.41) is 0. The molecule has 0 amide bonds. The number of hydrogen-bond acceptors (Lipinski definition) is 1. The Labute approximate surface area is 107 Å². The van der Waals surface area contributed by atoms with Crippen LogP contribution >= 0.6 is 0 Å². The Morgan fingerprint density at radius 3 is 1.58 bits per heavy atom. The lowest BCUT2D eigenvalue weighted by atomic mass is 9.88. The Kier molecular flexibility index (Phi) is 4.32. The third kappa shape index (κ3) is 3.30. The van der Waals surface area contributed by atoms with E-state index in [2.05, 4.69) is 0 Å². The van der Waals surface area contributed by atoms with Crippen LogP contribution in [0.5, 0.6) is 0 Å². The molecule has 0 aliphatic rings. The van der Waals surface area contributed by atoms with Gasteiger partial charge >= 0.3 is 0 Å². The zero-order valence-electron chi connectivity index (χ0n) is 10.7. The first kappa shape index (κ1) is 15.6. The van der Waals surface area contributed by atoms with E-state index in [1.165, 1.54) is 0 Å². The SMILES string of the molecule is CC(C)(C)CCC(=O)c1c(F)c(F)c(F)c(F)c1F. The summed E-state index contributed by atoms with van der Waals surface area (Å²) in [7, 11) is 0. The summed E-state index contributed by atoms with van der Waals surface area (Å²) in [6.07, 6.45) is -0.0207. The molecule has 19 heavy (non-hydrogen) atoms. The summed E-state index contributed by atoms with van der Waals surface area (Å²) in [6.45, 7) is 5.37. The molecule has 0 aliphatic carbocycles. The first-order chi connectivity index (χ1) is 8.56. The Bertz CT molecular complexity index is 488. The van der Waals surface area contributed by atoms with Crippen LogP contribution in [0, 0.1) is 34.5 Å². The smallest absolute Gasteiger partial charge is 0.200 e. The number of rotatable bonds is 3. The lowest BCUT2D eigenvalue weighted by Crippen LogP contribution is -2.15. The summed E-state index contributed by atoms with van der Waals surface area (Å²) in [6, 6.07) is 0. The maximum atomic E-state index is 13.3. The van der Waals surface area contributed by atoms with Gasteiger partial charge in [-0.25, -0.2) is 22.0 Å². The second kappa shape index (κ2) is 5.27. The summed E-state index contributed by atoms with van der Waals surface area (Å²) in [5.41, 5.74) is -1.65. The average molecular weight is 280 g/mol. The molecule has 106 valence electrons. The number of carbonyl (C=O) groups excluding carboxylic acids is 1. The minimum absolute atomic E-state index is 0.269. The van der Waals surface area contributed by atoms with E-state index in [9.17, 15) is 26.7 Å². The monoisotopic (exact) mass is 280 g/mol. The van der Waals surface area contributed by atoms with Crippen LogP contribution < -0.4 is 0 Å². The topological polar surface area (TPSA) is 17.1 Å². The molecule has 6 heteroatoms. The number of ketones is 1. The first-order valence-corrected chi connectivity index (χ1v) is 5.61. The normalized spacial score (nSPS) is 11.8. The van der Waals surface area contributed by atoms with Crippen molar-refractivity contribution in [3.05, 3.63) is 34.6 Å². The van der Waals surface area contributed by atoms with E-state index in [1.54, 1.807) is 20.8 Å². The highest BCUT2D eigenvalue weighted by Crippen LogP contribution is 2.27. The van der Waals surface area contributed by atoms with Crippen LogP contribution in [0.4, 0.5) is 22.0 Å². The molecule has 0 fully saturated rings. The second-order valence-electron chi connectivity index (χ2n) is 5.43. The minimum atomic E-state index is -2.26. The van der Waals surface area contributed by atoms with Crippen LogP contribution in [0.2, 0.25) is 0 Å². The Morgan fingerprint density at radius 2 is 1.21 bits per heavy atom. The molecule has 0 heterocycles.